The molecule has 0 aromatic rings. The Kier molecular flexibility index (Phi) is 6.96. The Labute approximate surface area is 168 Å². The first-order valence-corrected chi connectivity index (χ1v) is 10.9. The molecule has 28 heavy (non-hydrogen) atoms. The zero-order valence-corrected chi connectivity index (χ0v) is 17.3. The lowest BCUT2D eigenvalue weighted by Crippen LogP contribution is -2.41. The molecule has 1 saturated carbocycles. The molecule has 0 aromatic heterocycles. The van der Waals surface area contributed by atoms with Gasteiger partial charge in [0.1, 0.15) is 0 Å². The molecule has 2 saturated heterocycles. The standard InChI is InChI=1S/C21H35N3O4/c1-15-5-7-18(8-6-15)24-13-16(12-19(24)25)21(28)23-10-3-4-17(9-11-23)22(2)14-20(26)27/h15-18H,3-14H2,1-2H3,(H,26,27). The summed E-state index contributed by atoms with van der Waals surface area (Å²) in [5.41, 5.74) is 0. The van der Waals surface area contributed by atoms with Crippen molar-refractivity contribution in [3.05, 3.63) is 0 Å². The van der Waals surface area contributed by atoms with Gasteiger partial charge in [-0.1, -0.05) is 6.92 Å². The zero-order chi connectivity index (χ0) is 20.3. The summed E-state index contributed by atoms with van der Waals surface area (Å²) in [6, 6.07) is 0.513. The first-order valence-electron chi connectivity index (χ1n) is 10.9. The third-order valence-electron chi connectivity index (χ3n) is 6.95. The molecule has 1 aliphatic carbocycles. The molecule has 7 heteroatoms. The largest absolute Gasteiger partial charge is 0.480 e. The van der Waals surface area contributed by atoms with Crippen molar-refractivity contribution < 1.29 is 19.5 Å². The highest BCUT2D eigenvalue weighted by Crippen LogP contribution is 2.32. The van der Waals surface area contributed by atoms with E-state index in [9.17, 15) is 14.4 Å². The van der Waals surface area contributed by atoms with E-state index in [0.717, 1.165) is 38.0 Å². The molecular formula is C21H35N3O4. The van der Waals surface area contributed by atoms with Crippen molar-refractivity contribution in [1.82, 2.24) is 14.7 Å². The smallest absolute Gasteiger partial charge is 0.317 e. The number of carboxylic acids is 1. The van der Waals surface area contributed by atoms with E-state index in [1.807, 2.05) is 21.7 Å². The number of carbonyl (C=O) groups is 3. The van der Waals surface area contributed by atoms with E-state index in [2.05, 4.69) is 6.92 Å². The van der Waals surface area contributed by atoms with Gasteiger partial charge in [-0.2, -0.15) is 0 Å². The van der Waals surface area contributed by atoms with Crippen LogP contribution in [0.5, 0.6) is 0 Å². The number of carboxylic acid groups (broad SMARTS) is 1. The van der Waals surface area contributed by atoms with Gasteiger partial charge >= 0.3 is 5.97 Å². The highest BCUT2D eigenvalue weighted by Gasteiger charge is 2.40. The van der Waals surface area contributed by atoms with Crippen LogP contribution >= 0.6 is 0 Å². The minimum atomic E-state index is -0.818. The molecule has 0 radical (unpaired) electrons. The van der Waals surface area contributed by atoms with E-state index in [1.54, 1.807) is 0 Å². The topological polar surface area (TPSA) is 81.2 Å². The second-order valence-corrected chi connectivity index (χ2v) is 9.08. The number of rotatable bonds is 5. The maximum absolute atomic E-state index is 13.1. The fourth-order valence-electron chi connectivity index (χ4n) is 5.14. The molecule has 3 aliphatic rings. The number of nitrogens with zero attached hydrogens (tertiary/aromatic N) is 3. The molecule has 2 heterocycles. The van der Waals surface area contributed by atoms with Crippen LogP contribution in [-0.2, 0) is 14.4 Å². The van der Waals surface area contributed by atoms with E-state index in [4.69, 9.17) is 5.11 Å². The Balaban J connectivity index is 1.53. The molecule has 2 atom stereocenters. The maximum atomic E-state index is 13.1. The molecule has 1 N–H and O–H groups in total. The Morgan fingerprint density at radius 3 is 2.50 bits per heavy atom. The van der Waals surface area contributed by atoms with Crippen LogP contribution in [0.4, 0.5) is 0 Å². The third kappa shape index (κ3) is 5.04. The highest BCUT2D eigenvalue weighted by molar-refractivity contribution is 5.89. The van der Waals surface area contributed by atoms with E-state index >= 15 is 0 Å². The van der Waals surface area contributed by atoms with Gasteiger partial charge in [-0.25, -0.2) is 0 Å². The summed E-state index contributed by atoms with van der Waals surface area (Å²) in [4.78, 5) is 42.4. The van der Waals surface area contributed by atoms with Gasteiger partial charge in [0.25, 0.3) is 0 Å². The second-order valence-electron chi connectivity index (χ2n) is 9.08. The number of likely N-dealkylation sites (tertiary alicyclic amines) is 2. The predicted octanol–water partition coefficient (Wildman–Crippen LogP) is 1.81. The predicted molar refractivity (Wildman–Crippen MR) is 106 cm³/mol. The van der Waals surface area contributed by atoms with Gasteiger partial charge in [-0.15, -0.1) is 0 Å². The van der Waals surface area contributed by atoms with Crippen LogP contribution in [0.2, 0.25) is 0 Å². The van der Waals surface area contributed by atoms with Gasteiger partial charge in [-0.3, -0.25) is 19.3 Å². The van der Waals surface area contributed by atoms with Crippen LogP contribution in [0.15, 0.2) is 0 Å². The van der Waals surface area contributed by atoms with Gasteiger partial charge in [0.2, 0.25) is 11.8 Å². The lowest BCUT2D eigenvalue weighted by Gasteiger charge is -2.34. The van der Waals surface area contributed by atoms with E-state index < -0.39 is 5.97 Å². The fourth-order valence-corrected chi connectivity index (χ4v) is 5.14. The number of likely N-dealkylation sites (N-methyl/N-ethyl adjacent to an activating group) is 1. The molecule has 3 rings (SSSR count). The molecule has 2 unspecified atom stereocenters. The molecule has 158 valence electrons. The second kappa shape index (κ2) is 9.25. The van der Waals surface area contributed by atoms with E-state index in [1.165, 1.54) is 12.8 Å². The van der Waals surface area contributed by atoms with Crippen LogP contribution in [0, 0.1) is 11.8 Å². The summed E-state index contributed by atoms with van der Waals surface area (Å²) >= 11 is 0. The van der Waals surface area contributed by atoms with Crippen molar-refractivity contribution in [3.8, 4) is 0 Å². The minimum absolute atomic E-state index is 0.0324. The average molecular weight is 394 g/mol. The highest BCUT2D eigenvalue weighted by atomic mass is 16.4. The SMILES string of the molecule is CC1CCC(N2CC(C(=O)N3CCCC(N(C)CC(=O)O)CC3)CC2=O)CC1. The van der Waals surface area contributed by atoms with Crippen LogP contribution in [-0.4, -0.2) is 82.9 Å². The van der Waals surface area contributed by atoms with E-state index in [-0.39, 0.29) is 30.3 Å². The zero-order valence-electron chi connectivity index (χ0n) is 17.3. The van der Waals surface area contributed by atoms with Crippen LogP contribution < -0.4 is 0 Å². The Bertz CT molecular complexity index is 588. The van der Waals surface area contributed by atoms with Crippen LogP contribution in [0.25, 0.3) is 0 Å². The van der Waals surface area contributed by atoms with Gasteiger partial charge in [0, 0.05) is 38.1 Å². The molecular weight excluding hydrogens is 358 g/mol. The lowest BCUT2D eigenvalue weighted by molar-refractivity contribution is -0.139. The lowest BCUT2D eigenvalue weighted by atomic mass is 9.86. The maximum Gasteiger partial charge on any atom is 0.317 e. The molecule has 0 bridgehead atoms. The summed E-state index contributed by atoms with van der Waals surface area (Å²) in [7, 11) is 1.84. The summed E-state index contributed by atoms with van der Waals surface area (Å²) in [6.07, 6.45) is 7.40. The van der Waals surface area contributed by atoms with Crippen molar-refractivity contribution in [2.45, 2.75) is 70.4 Å². The molecule has 0 spiro atoms. The quantitative estimate of drug-likeness (QED) is 0.770. The van der Waals surface area contributed by atoms with Gasteiger partial charge in [0.15, 0.2) is 0 Å². The normalized spacial score (nSPS) is 31.9. The Morgan fingerprint density at radius 2 is 1.82 bits per heavy atom. The molecule has 2 amide bonds. The minimum Gasteiger partial charge on any atom is -0.480 e. The number of hydrogen-bond acceptors (Lipinski definition) is 4. The van der Waals surface area contributed by atoms with Crippen molar-refractivity contribution >= 4 is 17.8 Å². The number of hydrogen-bond donors (Lipinski definition) is 1. The fraction of sp³-hybridized carbons (Fsp3) is 0.857. The monoisotopic (exact) mass is 393 g/mol. The average Bonchev–Trinajstić information content (AvgIpc) is 2.88. The molecule has 2 aliphatic heterocycles. The van der Waals surface area contributed by atoms with Crippen molar-refractivity contribution in [2.24, 2.45) is 11.8 Å². The first kappa shape index (κ1) is 21.1. The summed E-state index contributed by atoms with van der Waals surface area (Å²) in [6.45, 7) is 4.25. The first-order chi connectivity index (χ1) is 13.3. The van der Waals surface area contributed by atoms with Crippen LogP contribution in [0.1, 0.15) is 58.3 Å². The van der Waals surface area contributed by atoms with Gasteiger partial charge < -0.3 is 14.9 Å². The third-order valence-corrected chi connectivity index (χ3v) is 6.95. The number of amides is 2. The Hall–Kier alpha value is -1.63. The van der Waals surface area contributed by atoms with Gasteiger partial charge in [-0.05, 0) is 57.9 Å². The molecule has 0 aromatic carbocycles. The molecule has 7 nitrogen and oxygen atoms in total. The summed E-state index contributed by atoms with van der Waals surface area (Å²) in [5.74, 6) is -0.0226. The summed E-state index contributed by atoms with van der Waals surface area (Å²) < 4.78 is 0. The Morgan fingerprint density at radius 1 is 1.11 bits per heavy atom. The van der Waals surface area contributed by atoms with E-state index in [0.29, 0.717) is 32.1 Å². The van der Waals surface area contributed by atoms with Crippen LogP contribution in [0.3, 0.4) is 0 Å². The number of carbonyl (C=O) groups excluding carboxylic acids is 2. The van der Waals surface area contributed by atoms with Gasteiger partial charge in [0.05, 0.1) is 12.5 Å². The molecule has 3 fully saturated rings. The summed E-state index contributed by atoms with van der Waals surface area (Å²) in [5, 5.41) is 9.00. The van der Waals surface area contributed by atoms with Crippen molar-refractivity contribution in [1.29, 1.82) is 0 Å². The number of aliphatic carboxylic acids is 1. The van der Waals surface area contributed by atoms with Crippen molar-refractivity contribution in [2.75, 3.05) is 33.2 Å². The van der Waals surface area contributed by atoms with Crippen molar-refractivity contribution in [3.63, 3.8) is 0 Å².